The zero-order chi connectivity index (χ0) is 17.1. The van der Waals surface area contributed by atoms with Crippen LogP contribution < -0.4 is 0 Å². The van der Waals surface area contributed by atoms with Gasteiger partial charge in [-0.3, -0.25) is 4.79 Å². The van der Waals surface area contributed by atoms with Crippen LogP contribution in [0, 0.1) is 17.8 Å². The van der Waals surface area contributed by atoms with Crippen molar-refractivity contribution in [1.29, 1.82) is 0 Å². The summed E-state index contributed by atoms with van der Waals surface area (Å²) in [6.45, 7) is 9.03. The Labute approximate surface area is 141 Å². The summed E-state index contributed by atoms with van der Waals surface area (Å²) < 4.78 is 0. The van der Waals surface area contributed by atoms with Gasteiger partial charge in [-0.1, -0.05) is 44.5 Å². The van der Waals surface area contributed by atoms with E-state index in [9.17, 15) is 9.90 Å². The fourth-order valence-electron chi connectivity index (χ4n) is 3.38. The Balaban J connectivity index is 1.91. The monoisotopic (exact) mass is 316 g/mol. The molecular weight excluding hydrogens is 284 g/mol. The van der Waals surface area contributed by atoms with E-state index in [-0.39, 0.29) is 5.41 Å². The molecule has 1 saturated carbocycles. The quantitative estimate of drug-likeness (QED) is 0.682. The van der Waals surface area contributed by atoms with Crippen LogP contribution >= 0.6 is 0 Å². The Bertz CT molecular complexity index is 547. The summed E-state index contributed by atoms with van der Waals surface area (Å²) >= 11 is 0. The molecule has 0 unspecified atom stereocenters. The lowest BCUT2D eigenvalue weighted by molar-refractivity contribution is -0.143. The van der Waals surface area contributed by atoms with Gasteiger partial charge in [0.15, 0.2) is 0 Å². The van der Waals surface area contributed by atoms with E-state index < -0.39 is 5.97 Å². The Morgan fingerprint density at radius 1 is 1.13 bits per heavy atom. The normalized spacial score (nSPS) is 16.3. The zero-order valence-electron chi connectivity index (χ0n) is 15.2. The summed E-state index contributed by atoms with van der Waals surface area (Å²) in [5, 5.41) is 9.29. The molecule has 1 aromatic rings. The van der Waals surface area contributed by atoms with E-state index in [1.165, 1.54) is 29.5 Å². The largest absolute Gasteiger partial charge is 0.481 e. The van der Waals surface area contributed by atoms with Crippen molar-refractivity contribution in [2.24, 2.45) is 10.8 Å². The van der Waals surface area contributed by atoms with Crippen LogP contribution in [-0.4, -0.2) is 11.1 Å². The van der Waals surface area contributed by atoms with Gasteiger partial charge in [-0.15, -0.1) is 0 Å². The molecule has 2 heteroatoms. The van der Waals surface area contributed by atoms with E-state index in [1.54, 1.807) is 0 Å². The minimum absolute atomic E-state index is 0.379. The molecule has 2 rings (SSSR count). The third kappa shape index (κ3) is 5.37. The zero-order valence-corrected chi connectivity index (χ0v) is 15.2. The fourth-order valence-corrected chi connectivity index (χ4v) is 3.38. The second kappa shape index (κ2) is 7.07. The van der Waals surface area contributed by atoms with Crippen LogP contribution in [0.1, 0.15) is 76.0 Å². The van der Waals surface area contributed by atoms with Gasteiger partial charge >= 0.3 is 5.97 Å². The third-order valence-electron chi connectivity index (χ3n) is 5.14. The number of rotatable bonds is 8. The molecule has 0 bridgehead atoms. The molecule has 2 nitrogen and oxygen atoms in total. The van der Waals surface area contributed by atoms with Gasteiger partial charge in [0.05, 0.1) is 5.41 Å². The van der Waals surface area contributed by atoms with Crippen LogP contribution in [0.2, 0.25) is 0 Å². The van der Waals surface area contributed by atoms with Gasteiger partial charge in [0.25, 0.3) is 0 Å². The van der Waals surface area contributed by atoms with E-state index >= 15 is 0 Å². The lowest BCUT2D eigenvalue weighted by Gasteiger charge is -2.18. The van der Waals surface area contributed by atoms with E-state index in [2.05, 4.69) is 45.9 Å². The highest BCUT2D eigenvalue weighted by molar-refractivity contribution is 5.77. The number of carboxylic acid groups (broad SMARTS) is 1. The van der Waals surface area contributed by atoms with E-state index in [0.717, 1.165) is 38.5 Å². The van der Waals surface area contributed by atoms with Gasteiger partial charge in [-0.05, 0) is 74.8 Å². The molecule has 1 aliphatic rings. The molecule has 1 fully saturated rings. The topological polar surface area (TPSA) is 37.3 Å². The van der Waals surface area contributed by atoms with Crippen LogP contribution in [0.15, 0.2) is 18.2 Å². The van der Waals surface area contributed by atoms with Crippen molar-refractivity contribution in [2.75, 3.05) is 0 Å². The first-order valence-corrected chi connectivity index (χ1v) is 9.04. The molecule has 1 N–H and O–H groups in total. The van der Waals surface area contributed by atoms with Crippen molar-refractivity contribution in [3.05, 3.63) is 34.9 Å². The molecule has 23 heavy (non-hydrogen) atoms. The summed E-state index contributed by atoms with van der Waals surface area (Å²) in [4.78, 5) is 11.3. The number of carbonyl (C=O) groups is 1. The second-order valence-electron chi connectivity index (χ2n) is 8.63. The van der Waals surface area contributed by atoms with Crippen molar-refractivity contribution in [2.45, 2.75) is 79.1 Å². The first-order valence-electron chi connectivity index (χ1n) is 9.04. The molecule has 1 aromatic carbocycles. The lowest BCUT2D eigenvalue weighted by atomic mass is 9.87. The Hall–Kier alpha value is -1.31. The second-order valence-corrected chi connectivity index (χ2v) is 8.63. The Morgan fingerprint density at radius 3 is 2.35 bits per heavy atom. The van der Waals surface area contributed by atoms with Crippen LogP contribution in [0.4, 0.5) is 0 Å². The van der Waals surface area contributed by atoms with Gasteiger partial charge in [-0.25, -0.2) is 0 Å². The van der Waals surface area contributed by atoms with E-state index in [4.69, 9.17) is 0 Å². The van der Waals surface area contributed by atoms with Gasteiger partial charge in [-0.2, -0.15) is 0 Å². The molecule has 0 amide bonds. The molecule has 0 saturated heterocycles. The predicted octanol–water partition coefficient (Wildman–Crippen LogP) is 5.55. The average Bonchev–Trinajstić information content (AvgIpc) is 3.21. The maximum atomic E-state index is 11.3. The molecule has 0 aliphatic heterocycles. The molecule has 0 radical (unpaired) electrons. The van der Waals surface area contributed by atoms with Crippen LogP contribution in [-0.2, 0) is 17.6 Å². The highest BCUT2D eigenvalue weighted by atomic mass is 16.4. The van der Waals surface area contributed by atoms with Gasteiger partial charge in [0, 0.05) is 0 Å². The minimum atomic E-state index is -0.591. The highest BCUT2D eigenvalue weighted by Crippen LogP contribution is 2.50. The lowest BCUT2D eigenvalue weighted by Crippen LogP contribution is -2.14. The van der Waals surface area contributed by atoms with Crippen molar-refractivity contribution >= 4 is 5.97 Å². The van der Waals surface area contributed by atoms with Gasteiger partial charge in [0.2, 0.25) is 0 Å². The molecular formula is C21H32O2. The molecule has 0 atom stereocenters. The minimum Gasteiger partial charge on any atom is -0.481 e. The molecule has 0 aromatic heterocycles. The maximum absolute atomic E-state index is 11.3. The summed E-state index contributed by atoms with van der Waals surface area (Å²) in [7, 11) is 0. The number of hydrogen-bond donors (Lipinski definition) is 1. The summed E-state index contributed by atoms with van der Waals surface area (Å²) in [6, 6.07) is 6.78. The van der Waals surface area contributed by atoms with E-state index in [0.29, 0.717) is 5.41 Å². The summed E-state index contributed by atoms with van der Waals surface area (Å²) in [5.74, 6) is -0.591. The Kier molecular flexibility index (Phi) is 5.54. The SMILES string of the molecule is Cc1ccc(CCCC(C)(C)C)c(CCCC2(C(=O)O)CC2)c1. The third-order valence-corrected chi connectivity index (χ3v) is 5.14. The Morgan fingerprint density at radius 2 is 1.78 bits per heavy atom. The number of benzene rings is 1. The van der Waals surface area contributed by atoms with Crippen LogP contribution in [0.25, 0.3) is 0 Å². The van der Waals surface area contributed by atoms with Crippen molar-refractivity contribution in [3.8, 4) is 0 Å². The number of aliphatic carboxylic acids is 1. The molecule has 128 valence electrons. The molecule has 0 spiro atoms. The van der Waals surface area contributed by atoms with Gasteiger partial charge < -0.3 is 5.11 Å². The first kappa shape index (κ1) is 18.0. The smallest absolute Gasteiger partial charge is 0.309 e. The predicted molar refractivity (Wildman–Crippen MR) is 95.8 cm³/mol. The summed E-state index contributed by atoms with van der Waals surface area (Å²) in [6.07, 6.45) is 8.17. The van der Waals surface area contributed by atoms with E-state index in [1.807, 2.05) is 0 Å². The number of aryl methyl sites for hydroxylation is 3. The maximum Gasteiger partial charge on any atom is 0.309 e. The van der Waals surface area contributed by atoms with Gasteiger partial charge in [0.1, 0.15) is 0 Å². The average molecular weight is 316 g/mol. The number of hydrogen-bond acceptors (Lipinski definition) is 1. The van der Waals surface area contributed by atoms with Crippen molar-refractivity contribution in [3.63, 3.8) is 0 Å². The standard InChI is InChI=1S/C21H32O2/c1-16-9-10-17(7-5-11-20(2,3)4)18(15-16)8-6-12-21(13-14-21)19(22)23/h9-10,15H,5-8,11-14H2,1-4H3,(H,22,23). The van der Waals surface area contributed by atoms with Crippen molar-refractivity contribution in [1.82, 2.24) is 0 Å². The van der Waals surface area contributed by atoms with Crippen molar-refractivity contribution < 1.29 is 9.90 Å². The number of carboxylic acids is 1. The molecule has 1 aliphatic carbocycles. The molecule has 0 heterocycles. The van der Waals surface area contributed by atoms with Crippen LogP contribution in [0.3, 0.4) is 0 Å². The summed E-state index contributed by atoms with van der Waals surface area (Å²) in [5.41, 5.74) is 4.21. The first-order chi connectivity index (χ1) is 10.7. The van der Waals surface area contributed by atoms with Crippen LogP contribution in [0.5, 0.6) is 0 Å². The highest BCUT2D eigenvalue weighted by Gasteiger charge is 2.49. The fraction of sp³-hybridized carbons (Fsp3) is 0.667.